The number of rotatable bonds is 3. The summed E-state index contributed by atoms with van der Waals surface area (Å²) in [6, 6.07) is 12.7. The van der Waals surface area contributed by atoms with E-state index in [1.165, 1.54) is 6.07 Å². The Morgan fingerprint density at radius 2 is 1.68 bits per heavy atom. The minimum absolute atomic E-state index is 0.121. The molecule has 19 heavy (non-hydrogen) atoms. The molecular weight excluding hydrogens is 239 g/mol. The number of benzene rings is 2. The summed E-state index contributed by atoms with van der Waals surface area (Å²) in [4.78, 5) is 2.03. The maximum absolute atomic E-state index is 13.5. The van der Waals surface area contributed by atoms with E-state index in [4.69, 9.17) is 5.73 Å². The Morgan fingerprint density at radius 3 is 2.21 bits per heavy atom. The van der Waals surface area contributed by atoms with Gasteiger partial charge in [-0.1, -0.05) is 18.2 Å². The molecule has 0 bridgehead atoms. The summed E-state index contributed by atoms with van der Waals surface area (Å²) in [5.74, 6) is -0.240. The predicted molar refractivity (Wildman–Crippen MR) is 78.8 cm³/mol. The summed E-state index contributed by atoms with van der Waals surface area (Å²) >= 11 is 0. The van der Waals surface area contributed by atoms with E-state index in [0.717, 1.165) is 22.4 Å². The Kier molecular flexibility index (Phi) is 3.86. The van der Waals surface area contributed by atoms with Crippen LogP contribution >= 0.6 is 0 Å². The average Bonchev–Trinajstić information content (AvgIpc) is 2.38. The lowest BCUT2D eigenvalue weighted by Crippen LogP contribution is -2.08. The quantitative estimate of drug-likeness (QED) is 0.911. The van der Waals surface area contributed by atoms with Crippen molar-refractivity contribution in [2.45, 2.75) is 13.0 Å². The van der Waals surface area contributed by atoms with Gasteiger partial charge in [-0.25, -0.2) is 4.39 Å². The topological polar surface area (TPSA) is 29.3 Å². The molecule has 0 aliphatic carbocycles. The van der Waals surface area contributed by atoms with E-state index in [9.17, 15) is 4.39 Å². The van der Waals surface area contributed by atoms with Crippen molar-refractivity contribution < 1.29 is 4.39 Å². The third-order valence-corrected chi connectivity index (χ3v) is 3.20. The first-order valence-corrected chi connectivity index (χ1v) is 6.32. The number of halogens is 1. The summed E-state index contributed by atoms with van der Waals surface area (Å²) < 4.78 is 13.5. The molecule has 100 valence electrons. The number of anilines is 1. The van der Waals surface area contributed by atoms with Gasteiger partial charge < -0.3 is 10.6 Å². The molecule has 2 nitrogen and oxygen atoms in total. The van der Waals surface area contributed by atoms with Crippen molar-refractivity contribution in [2.24, 2.45) is 5.73 Å². The molecule has 0 amide bonds. The zero-order valence-electron chi connectivity index (χ0n) is 11.5. The molecular formula is C16H19FN2. The molecule has 2 aromatic carbocycles. The Balaban J connectivity index is 2.48. The largest absolute Gasteiger partial charge is 0.378 e. The minimum Gasteiger partial charge on any atom is -0.378 e. The van der Waals surface area contributed by atoms with Crippen molar-refractivity contribution in [3.63, 3.8) is 0 Å². The maximum atomic E-state index is 13.5. The molecule has 3 heteroatoms. The Labute approximate surface area is 113 Å². The van der Waals surface area contributed by atoms with Crippen LogP contribution in [0.5, 0.6) is 0 Å². The van der Waals surface area contributed by atoms with Crippen molar-refractivity contribution in [2.75, 3.05) is 19.0 Å². The molecule has 1 unspecified atom stereocenters. The molecule has 0 saturated heterocycles. The van der Waals surface area contributed by atoms with Crippen molar-refractivity contribution >= 4 is 5.69 Å². The fourth-order valence-electron chi connectivity index (χ4n) is 2.11. The van der Waals surface area contributed by atoms with Gasteiger partial charge >= 0.3 is 0 Å². The summed E-state index contributed by atoms with van der Waals surface area (Å²) in [6.45, 7) is 1.91. The van der Waals surface area contributed by atoms with Gasteiger partial charge in [-0.05, 0) is 47.9 Å². The fourth-order valence-corrected chi connectivity index (χ4v) is 2.11. The highest BCUT2D eigenvalue weighted by atomic mass is 19.1. The van der Waals surface area contributed by atoms with Crippen LogP contribution in [0.2, 0.25) is 0 Å². The normalized spacial score (nSPS) is 12.3. The molecule has 2 N–H and O–H groups in total. The van der Waals surface area contributed by atoms with E-state index in [-0.39, 0.29) is 11.9 Å². The number of hydrogen-bond donors (Lipinski definition) is 1. The standard InChI is InChI=1S/C16H19FN2/c1-11(18)15-9-6-13(17)10-16(15)12-4-7-14(8-5-12)19(2)3/h4-11H,18H2,1-3H3. The summed E-state index contributed by atoms with van der Waals surface area (Å²) in [5.41, 5.74) is 9.87. The van der Waals surface area contributed by atoms with Crippen LogP contribution in [0, 0.1) is 5.82 Å². The van der Waals surface area contributed by atoms with Crippen molar-refractivity contribution in [1.29, 1.82) is 0 Å². The van der Waals surface area contributed by atoms with Gasteiger partial charge in [0.25, 0.3) is 0 Å². The van der Waals surface area contributed by atoms with Gasteiger partial charge in [0, 0.05) is 25.8 Å². The number of nitrogens with zero attached hydrogens (tertiary/aromatic N) is 1. The first-order valence-electron chi connectivity index (χ1n) is 6.32. The van der Waals surface area contributed by atoms with Gasteiger partial charge in [0.05, 0.1) is 0 Å². The third kappa shape index (κ3) is 2.93. The Morgan fingerprint density at radius 1 is 1.05 bits per heavy atom. The molecule has 0 fully saturated rings. The zero-order chi connectivity index (χ0) is 14.0. The van der Waals surface area contributed by atoms with Gasteiger partial charge in [-0.15, -0.1) is 0 Å². The second-order valence-electron chi connectivity index (χ2n) is 4.96. The molecule has 0 aliphatic heterocycles. The van der Waals surface area contributed by atoms with Crippen LogP contribution in [-0.4, -0.2) is 14.1 Å². The molecule has 0 radical (unpaired) electrons. The Hall–Kier alpha value is -1.87. The number of nitrogens with two attached hydrogens (primary N) is 1. The molecule has 2 aromatic rings. The zero-order valence-corrected chi connectivity index (χ0v) is 11.5. The van der Waals surface area contributed by atoms with Crippen LogP contribution in [0.15, 0.2) is 42.5 Å². The van der Waals surface area contributed by atoms with Crippen LogP contribution in [0.3, 0.4) is 0 Å². The SMILES string of the molecule is CC(N)c1ccc(F)cc1-c1ccc(N(C)C)cc1. The van der Waals surface area contributed by atoms with Gasteiger partial charge in [0.2, 0.25) is 0 Å². The highest BCUT2D eigenvalue weighted by Crippen LogP contribution is 2.29. The highest BCUT2D eigenvalue weighted by Gasteiger charge is 2.10. The first-order chi connectivity index (χ1) is 8.99. The molecule has 0 aliphatic rings. The second-order valence-corrected chi connectivity index (χ2v) is 4.96. The lowest BCUT2D eigenvalue weighted by molar-refractivity contribution is 0.626. The highest BCUT2D eigenvalue weighted by molar-refractivity contribution is 5.70. The lowest BCUT2D eigenvalue weighted by Gasteiger charge is -2.15. The van der Waals surface area contributed by atoms with E-state index in [1.54, 1.807) is 12.1 Å². The van der Waals surface area contributed by atoms with E-state index in [1.807, 2.05) is 50.2 Å². The predicted octanol–water partition coefficient (Wildman–Crippen LogP) is 3.58. The molecule has 0 saturated carbocycles. The maximum Gasteiger partial charge on any atom is 0.123 e. The van der Waals surface area contributed by atoms with Crippen LogP contribution < -0.4 is 10.6 Å². The monoisotopic (exact) mass is 258 g/mol. The fraction of sp³-hybridized carbons (Fsp3) is 0.250. The number of hydrogen-bond acceptors (Lipinski definition) is 2. The Bertz CT molecular complexity index is 559. The molecule has 2 rings (SSSR count). The van der Waals surface area contributed by atoms with Crippen LogP contribution in [0.4, 0.5) is 10.1 Å². The first kappa shape index (κ1) is 13.6. The smallest absolute Gasteiger partial charge is 0.123 e. The van der Waals surface area contributed by atoms with Crippen molar-refractivity contribution in [1.82, 2.24) is 0 Å². The second kappa shape index (κ2) is 5.41. The van der Waals surface area contributed by atoms with Gasteiger partial charge in [0.15, 0.2) is 0 Å². The van der Waals surface area contributed by atoms with E-state index < -0.39 is 0 Å². The average molecular weight is 258 g/mol. The van der Waals surface area contributed by atoms with E-state index >= 15 is 0 Å². The van der Waals surface area contributed by atoms with E-state index in [2.05, 4.69) is 0 Å². The van der Waals surface area contributed by atoms with Crippen LogP contribution in [-0.2, 0) is 0 Å². The van der Waals surface area contributed by atoms with Crippen molar-refractivity contribution in [3.05, 3.63) is 53.8 Å². The van der Waals surface area contributed by atoms with Gasteiger partial charge in [0.1, 0.15) is 5.82 Å². The summed E-state index contributed by atoms with van der Waals surface area (Å²) in [6.07, 6.45) is 0. The summed E-state index contributed by atoms with van der Waals surface area (Å²) in [5, 5.41) is 0. The van der Waals surface area contributed by atoms with Gasteiger partial charge in [-0.2, -0.15) is 0 Å². The van der Waals surface area contributed by atoms with Crippen LogP contribution in [0.1, 0.15) is 18.5 Å². The summed E-state index contributed by atoms with van der Waals surface area (Å²) in [7, 11) is 3.98. The van der Waals surface area contributed by atoms with Crippen molar-refractivity contribution in [3.8, 4) is 11.1 Å². The lowest BCUT2D eigenvalue weighted by atomic mass is 9.95. The van der Waals surface area contributed by atoms with E-state index in [0.29, 0.717) is 0 Å². The molecule has 1 atom stereocenters. The van der Waals surface area contributed by atoms with Gasteiger partial charge in [-0.3, -0.25) is 0 Å². The minimum atomic E-state index is -0.240. The molecule has 0 heterocycles. The molecule has 0 aromatic heterocycles. The van der Waals surface area contributed by atoms with Crippen LogP contribution in [0.25, 0.3) is 11.1 Å². The third-order valence-electron chi connectivity index (χ3n) is 3.20. The molecule has 0 spiro atoms.